The lowest BCUT2D eigenvalue weighted by Gasteiger charge is -2.50. The summed E-state index contributed by atoms with van der Waals surface area (Å²) in [4.78, 5) is 12.3. The van der Waals surface area contributed by atoms with Crippen LogP contribution >= 0.6 is 30.9 Å². The summed E-state index contributed by atoms with van der Waals surface area (Å²) in [7, 11) is -2.84. The fourth-order valence-corrected chi connectivity index (χ4v) is 9.86. The molecule has 0 spiro atoms. The number of hydrogen-bond donors (Lipinski definition) is 15. The molecule has 5 saturated heterocycles. The van der Waals surface area contributed by atoms with Crippen molar-refractivity contribution in [3.63, 3.8) is 0 Å². The van der Waals surface area contributed by atoms with E-state index in [0.717, 1.165) is 19.9 Å². The van der Waals surface area contributed by atoms with Crippen LogP contribution in [0.25, 0.3) is 0 Å². The first-order chi connectivity index (χ1) is 29.4. The molecule has 0 aromatic carbocycles. The summed E-state index contributed by atoms with van der Waals surface area (Å²) < 4.78 is 57.9. The molecule has 5 rings (SSSR count). The zero-order valence-corrected chi connectivity index (χ0v) is 35.8. The number of nitrogens with one attached hydrogen (secondary N) is 2. The van der Waals surface area contributed by atoms with Crippen LogP contribution in [0.2, 0.25) is 0 Å². The topological polar surface area (TPSA) is 398 Å². The van der Waals surface area contributed by atoms with Crippen LogP contribution in [0.4, 0.5) is 0 Å². The minimum Gasteiger partial charge on any atom is -0.394 e. The van der Waals surface area contributed by atoms with Crippen molar-refractivity contribution in [1.82, 2.24) is 15.1 Å². The van der Waals surface area contributed by atoms with Crippen molar-refractivity contribution in [3.8, 4) is 0 Å². The molecule has 1 amide bonds. The van der Waals surface area contributed by atoms with Crippen molar-refractivity contribution < 1.29 is 113 Å². The highest BCUT2D eigenvalue weighted by Crippen LogP contribution is 2.48. The van der Waals surface area contributed by atoms with Gasteiger partial charge in [0, 0.05) is 38.3 Å². The number of aliphatic hydroxyl groups excluding tert-OH is 13. The van der Waals surface area contributed by atoms with Gasteiger partial charge in [0.05, 0.1) is 33.0 Å². The van der Waals surface area contributed by atoms with Gasteiger partial charge in [-0.15, -0.1) is 23.2 Å². The maximum absolute atomic E-state index is 12.3. The normalized spacial score (nSPS) is 45.2. The van der Waals surface area contributed by atoms with Crippen molar-refractivity contribution in [3.05, 3.63) is 0 Å². The first-order valence-electron chi connectivity index (χ1n) is 19.7. The summed E-state index contributed by atoms with van der Waals surface area (Å²) in [5, 5.41) is 139. The van der Waals surface area contributed by atoms with Crippen LogP contribution in [-0.2, 0) is 47.0 Å². The second-order valence-corrected chi connectivity index (χ2v) is 17.8. The second-order valence-electron chi connectivity index (χ2n) is 14.8. The second kappa shape index (κ2) is 24.9. The standard InChI is InChI=1S/C26H45NO21.C7H15Cl2N2O2P/c1-6(32)27-11-21(47-25-18(39)15(36)12(33)7(2-28)44-25)13(34)8(3-29)43-24(11)48-22-14(35)9(4-30)45-26(19(22)40)46-20-10(5-31)42-23(41)17(38)16(20)37;8-2-5-11(6-3-9)14(12)10-4-1-7-13-14/h7-26,28-31,33-41H,2-5H2,1H3,(H,27,32);1-7H2,(H,10,12)/t7-,8-,9-,10-,11-,12+,13-,14+,15+,16-,17-,18-,19-,20-,21-,22+,23?,24+,25+,26+;/m1./s1. The van der Waals surface area contributed by atoms with Crippen LogP contribution in [-0.4, -0.2) is 264 Å². The number of amides is 1. The molecule has 26 nitrogen and oxygen atoms in total. The van der Waals surface area contributed by atoms with Gasteiger partial charge in [0.2, 0.25) is 5.91 Å². The van der Waals surface area contributed by atoms with E-state index in [1.165, 1.54) is 0 Å². The minimum atomic E-state index is -2.84. The van der Waals surface area contributed by atoms with E-state index in [9.17, 15) is 75.7 Å². The Kier molecular flexibility index (Phi) is 21.7. The summed E-state index contributed by atoms with van der Waals surface area (Å²) in [6, 6.07) is -1.61. The van der Waals surface area contributed by atoms with E-state index in [4.69, 9.17) is 60.9 Å². The van der Waals surface area contributed by atoms with Crippen LogP contribution < -0.4 is 10.4 Å². The monoisotopic (exact) mass is 967 g/mol. The summed E-state index contributed by atoms with van der Waals surface area (Å²) in [6.07, 6.45) is -32.9. The predicted octanol–water partition coefficient (Wildman–Crippen LogP) is -7.72. The molecule has 0 saturated carbocycles. The summed E-state index contributed by atoms with van der Waals surface area (Å²) in [5.41, 5.74) is 0. The quantitative estimate of drug-likeness (QED) is 0.0505. The highest BCUT2D eigenvalue weighted by Gasteiger charge is 2.56. The Balaban J connectivity index is 0.000000511. The maximum Gasteiger partial charge on any atom is 0.343 e. The maximum atomic E-state index is 12.3. The van der Waals surface area contributed by atoms with Gasteiger partial charge in [-0.05, 0) is 6.42 Å². The third-order valence-electron chi connectivity index (χ3n) is 10.6. The SMILES string of the molecule is CC(=O)N[C@H]1[C@H](O[C@H]2[C@@H](O)[C@@H](CO)O[C@@H](O[C@H]3[C@H](O)[C@@H](O)C(O)O[C@@H]3CO)[C@@H]2O)O[C@H](CO)[C@@H](O)[C@@H]1O[C@@H]1O[C@H](CO)[C@H](O)[C@H](O)[C@H]1O.O=P1(N(CCCl)CCCl)NCCCO1. The van der Waals surface area contributed by atoms with Gasteiger partial charge in [-0.1, -0.05) is 0 Å². The molecule has 0 radical (unpaired) electrons. The Morgan fingerprint density at radius 3 is 1.66 bits per heavy atom. The molecule has 5 aliphatic rings. The molecule has 62 heavy (non-hydrogen) atoms. The number of halogens is 2. The Hall–Kier alpha value is -0.640. The number of nitrogens with zero attached hydrogens (tertiary/aromatic N) is 1. The average Bonchev–Trinajstić information content (AvgIpc) is 3.25. The van der Waals surface area contributed by atoms with E-state index in [1.54, 1.807) is 4.67 Å². The van der Waals surface area contributed by atoms with E-state index in [2.05, 4.69) is 10.4 Å². The van der Waals surface area contributed by atoms with Crippen molar-refractivity contribution in [2.75, 3.05) is 64.4 Å². The summed E-state index contributed by atoms with van der Waals surface area (Å²) in [6.45, 7) is -0.0995. The van der Waals surface area contributed by atoms with Crippen molar-refractivity contribution in [2.45, 2.75) is 136 Å². The van der Waals surface area contributed by atoms with Crippen LogP contribution in [0, 0.1) is 0 Å². The lowest BCUT2D eigenvalue weighted by molar-refractivity contribution is -0.379. The van der Waals surface area contributed by atoms with E-state index < -0.39 is 163 Å². The van der Waals surface area contributed by atoms with Crippen molar-refractivity contribution in [1.29, 1.82) is 0 Å². The fourth-order valence-electron chi connectivity index (χ4n) is 7.22. The Morgan fingerprint density at radius 2 is 1.15 bits per heavy atom. The lowest BCUT2D eigenvalue weighted by atomic mass is 9.94. The first-order valence-corrected chi connectivity index (χ1v) is 22.3. The van der Waals surface area contributed by atoms with Crippen molar-refractivity contribution >= 4 is 36.8 Å². The third-order valence-corrected chi connectivity index (χ3v) is 13.2. The smallest absolute Gasteiger partial charge is 0.343 e. The molecule has 29 heteroatoms. The Labute approximate surface area is 365 Å². The van der Waals surface area contributed by atoms with E-state index in [0.29, 0.717) is 31.5 Å². The number of ether oxygens (including phenoxy) is 7. The van der Waals surface area contributed by atoms with Gasteiger partial charge in [0.1, 0.15) is 97.6 Å². The summed E-state index contributed by atoms with van der Waals surface area (Å²) in [5.74, 6) is 0.0801. The Morgan fingerprint density at radius 1 is 0.645 bits per heavy atom. The number of aliphatic hydroxyl groups is 13. The van der Waals surface area contributed by atoms with Crippen LogP contribution in [0.3, 0.4) is 0 Å². The van der Waals surface area contributed by atoms with Crippen LogP contribution in [0.15, 0.2) is 0 Å². The third kappa shape index (κ3) is 12.9. The highest BCUT2D eigenvalue weighted by molar-refractivity contribution is 7.54. The molecule has 2 unspecified atom stereocenters. The molecule has 0 aromatic rings. The molecular weight excluding hydrogens is 908 g/mol. The lowest BCUT2D eigenvalue weighted by Crippen LogP contribution is -2.70. The van der Waals surface area contributed by atoms with Gasteiger partial charge in [-0.3, -0.25) is 9.36 Å². The molecule has 21 atom stereocenters. The van der Waals surface area contributed by atoms with Crippen LogP contribution in [0.5, 0.6) is 0 Å². The zero-order valence-electron chi connectivity index (χ0n) is 33.4. The molecule has 15 N–H and O–H groups in total. The van der Waals surface area contributed by atoms with Crippen LogP contribution in [0.1, 0.15) is 13.3 Å². The van der Waals surface area contributed by atoms with Gasteiger partial charge >= 0.3 is 7.67 Å². The van der Waals surface area contributed by atoms with E-state index in [1.807, 2.05) is 0 Å². The minimum absolute atomic E-state index is 0.423. The molecule has 364 valence electrons. The number of rotatable bonds is 16. The largest absolute Gasteiger partial charge is 0.394 e. The number of carbonyl (C=O) groups excluding carboxylic acids is 1. The molecule has 5 heterocycles. The zero-order chi connectivity index (χ0) is 46.1. The van der Waals surface area contributed by atoms with Gasteiger partial charge in [-0.25, -0.2) is 9.76 Å². The molecule has 5 fully saturated rings. The number of hydrogen-bond acceptors (Lipinski definition) is 23. The molecule has 0 aliphatic carbocycles. The van der Waals surface area contributed by atoms with E-state index in [-0.39, 0.29) is 0 Å². The molecular formula is C33H60Cl2N3O23P. The number of carbonyl (C=O) groups is 1. The fraction of sp³-hybridized carbons (Fsp3) is 0.970. The summed E-state index contributed by atoms with van der Waals surface area (Å²) >= 11 is 11.2. The molecule has 5 aliphatic heterocycles. The average molecular weight is 969 g/mol. The Bertz CT molecular complexity index is 1390. The predicted molar refractivity (Wildman–Crippen MR) is 205 cm³/mol. The van der Waals surface area contributed by atoms with E-state index >= 15 is 0 Å². The highest BCUT2D eigenvalue weighted by atomic mass is 35.5. The first kappa shape index (κ1) is 54.0. The number of alkyl halides is 2. The molecule has 0 bridgehead atoms. The van der Waals surface area contributed by atoms with Gasteiger partial charge in [0.25, 0.3) is 0 Å². The van der Waals surface area contributed by atoms with Gasteiger partial charge in [0.15, 0.2) is 25.2 Å². The van der Waals surface area contributed by atoms with Gasteiger partial charge < -0.3 is 109 Å². The molecule has 0 aromatic heterocycles. The van der Waals surface area contributed by atoms with Gasteiger partial charge in [-0.2, -0.15) is 0 Å². The van der Waals surface area contributed by atoms with Crippen molar-refractivity contribution in [2.24, 2.45) is 0 Å².